The Bertz CT molecular complexity index is 614. The normalized spacial score (nSPS) is 11.7. The zero-order chi connectivity index (χ0) is 14.8. The molecule has 1 nitrogen and oxygen atoms in total. The summed E-state index contributed by atoms with van der Waals surface area (Å²) in [6, 6.07) is 11.1. The van der Waals surface area contributed by atoms with Gasteiger partial charge in [-0.3, -0.25) is 0 Å². The van der Waals surface area contributed by atoms with E-state index in [4.69, 9.17) is 17.3 Å². The highest BCUT2D eigenvalue weighted by Gasteiger charge is 2.33. The van der Waals surface area contributed by atoms with Gasteiger partial charge in [0.05, 0.1) is 10.6 Å². The van der Waals surface area contributed by atoms with Crippen molar-refractivity contribution in [2.45, 2.75) is 22.5 Å². The third kappa shape index (κ3) is 3.48. The third-order valence-electron chi connectivity index (χ3n) is 2.67. The predicted molar refractivity (Wildman–Crippen MR) is 74.9 cm³/mol. The second-order valence-corrected chi connectivity index (χ2v) is 5.58. The molecule has 0 saturated heterocycles. The van der Waals surface area contributed by atoms with Crippen LogP contribution < -0.4 is 5.73 Å². The first kappa shape index (κ1) is 15.2. The molecule has 0 unspecified atom stereocenters. The fourth-order valence-corrected chi connectivity index (χ4v) is 2.85. The number of nitrogens with two attached hydrogens (primary N) is 1. The Kier molecular flexibility index (Phi) is 4.62. The van der Waals surface area contributed by atoms with Crippen LogP contribution in [0.2, 0.25) is 5.02 Å². The minimum absolute atomic E-state index is 0.0843. The lowest BCUT2D eigenvalue weighted by Gasteiger charge is -2.13. The average molecular weight is 318 g/mol. The number of rotatable bonds is 3. The summed E-state index contributed by atoms with van der Waals surface area (Å²) in [4.78, 5) is 1.19. The van der Waals surface area contributed by atoms with E-state index in [9.17, 15) is 13.2 Å². The fourth-order valence-electron chi connectivity index (χ4n) is 1.72. The highest BCUT2D eigenvalue weighted by atomic mass is 35.5. The van der Waals surface area contributed by atoms with Gasteiger partial charge in [-0.2, -0.15) is 13.2 Å². The van der Waals surface area contributed by atoms with Crippen LogP contribution in [0.5, 0.6) is 0 Å². The van der Waals surface area contributed by atoms with Crippen molar-refractivity contribution in [1.82, 2.24) is 0 Å². The maximum atomic E-state index is 12.9. The smallest absolute Gasteiger partial charge is 0.326 e. The van der Waals surface area contributed by atoms with Crippen molar-refractivity contribution in [3.8, 4) is 0 Å². The van der Waals surface area contributed by atoms with Crippen molar-refractivity contribution in [2.24, 2.45) is 5.73 Å². The van der Waals surface area contributed by atoms with E-state index >= 15 is 0 Å². The molecule has 0 amide bonds. The summed E-state index contributed by atoms with van der Waals surface area (Å²) in [6.07, 6.45) is -4.41. The van der Waals surface area contributed by atoms with Gasteiger partial charge >= 0.3 is 6.18 Å². The molecule has 2 N–H and O–H groups in total. The van der Waals surface area contributed by atoms with E-state index in [2.05, 4.69) is 0 Å². The molecular weight excluding hydrogens is 307 g/mol. The van der Waals surface area contributed by atoms with Crippen LogP contribution in [0.15, 0.2) is 52.3 Å². The van der Waals surface area contributed by atoms with Crippen LogP contribution in [0.1, 0.15) is 11.1 Å². The maximum absolute atomic E-state index is 12.9. The summed E-state index contributed by atoms with van der Waals surface area (Å²) in [5.41, 5.74) is 4.73. The zero-order valence-electron chi connectivity index (χ0n) is 10.2. The van der Waals surface area contributed by atoms with E-state index in [0.717, 1.165) is 6.07 Å². The second-order valence-electron chi connectivity index (χ2n) is 4.05. The molecular formula is C14H11ClF3NS. The van der Waals surface area contributed by atoms with E-state index in [-0.39, 0.29) is 12.1 Å². The predicted octanol–water partition coefficient (Wildman–Crippen LogP) is 4.97. The van der Waals surface area contributed by atoms with E-state index in [1.54, 1.807) is 30.3 Å². The summed E-state index contributed by atoms with van der Waals surface area (Å²) >= 11 is 7.19. The molecule has 0 aliphatic carbocycles. The van der Waals surface area contributed by atoms with Crippen molar-refractivity contribution in [3.05, 3.63) is 58.6 Å². The van der Waals surface area contributed by atoms with Crippen LogP contribution >= 0.6 is 23.4 Å². The van der Waals surface area contributed by atoms with Crippen LogP contribution in [-0.4, -0.2) is 0 Å². The molecule has 6 heteroatoms. The lowest BCUT2D eigenvalue weighted by Crippen LogP contribution is -2.11. The lowest BCUT2D eigenvalue weighted by molar-refractivity contribution is -0.138. The van der Waals surface area contributed by atoms with E-state index in [1.165, 1.54) is 17.8 Å². The topological polar surface area (TPSA) is 26.0 Å². The Morgan fingerprint density at radius 3 is 2.40 bits per heavy atom. The molecule has 0 spiro atoms. The molecule has 0 aliphatic rings. The largest absolute Gasteiger partial charge is 0.416 e. The fraction of sp³-hybridized carbons (Fsp3) is 0.143. The molecule has 0 radical (unpaired) electrons. The van der Waals surface area contributed by atoms with Crippen LogP contribution in [0.4, 0.5) is 13.2 Å². The van der Waals surface area contributed by atoms with Gasteiger partial charge in [-0.05, 0) is 29.8 Å². The average Bonchev–Trinajstić information content (AvgIpc) is 2.40. The summed E-state index contributed by atoms with van der Waals surface area (Å²) in [5.74, 6) is 0. The monoisotopic (exact) mass is 317 g/mol. The van der Waals surface area contributed by atoms with Crippen LogP contribution in [-0.2, 0) is 12.7 Å². The molecule has 2 aromatic rings. The number of halogens is 4. The van der Waals surface area contributed by atoms with E-state index in [1.807, 2.05) is 0 Å². The van der Waals surface area contributed by atoms with Gasteiger partial charge in [-0.1, -0.05) is 41.6 Å². The van der Waals surface area contributed by atoms with Crippen molar-refractivity contribution in [3.63, 3.8) is 0 Å². The van der Waals surface area contributed by atoms with Gasteiger partial charge in [0.2, 0.25) is 0 Å². The first-order chi connectivity index (χ1) is 9.41. The minimum Gasteiger partial charge on any atom is -0.326 e. The lowest BCUT2D eigenvalue weighted by atomic mass is 10.1. The molecule has 0 saturated carbocycles. The molecule has 0 heterocycles. The van der Waals surface area contributed by atoms with Gasteiger partial charge < -0.3 is 5.73 Å². The number of benzene rings is 2. The molecule has 0 bridgehead atoms. The summed E-state index contributed by atoms with van der Waals surface area (Å²) in [5, 5.41) is 0.508. The molecule has 0 aliphatic heterocycles. The molecule has 0 atom stereocenters. The van der Waals surface area contributed by atoms with Gasteiger partial charge in [-0.15, -0.1) is 0 Å². The number of hydrogen-bond acceptors (Lipinski definition) is 2. The highest BCUT2D eigenvalue weighted by Crippen LogP contribution is 2.38. The first-order valence-corrected chi connectivity index (χ1v) is 6.94. The van der Waals surface area contributed by atoms with E-state index < -0.39 is 11.7 Å². The van der Waals surface area contributed by atoms with Gasteiger partial charge in [0.1, 0.15) is 0 Å². The zero-order valence-corrected chi connectivity index (χ0v) is 11.8. The van der Waals surface area contributed by atoms with Crippen molar-refractivity contribution >= 4 is 23.4 Å². The Morgan fingerprint density at radius 1 is 1.10 bits per heavy atom. The third-order valence-corrected chi connectivity index (χ3v) is 4.18. The standard InChI is InChI=1S/C14H11ClF3NS/c15-12-3-1-2-4-13(12)20-10-6-5-9(8-19)11(7-10)14(16,17)18/h1-7H,8,19H2. The van der Waals surface area contributed by atoms with Crippen LogP contribution in [0, 0.1) is 0 Å². The highest BCUT2D eigenvalue weighted by molar-refractivity contribution is 7.99. The Morgan fingerprint density at radius 2 is 1.80 bits per heavy atom. The second kappa shape index (κ2) is 6.08. The molecule has 0 aromatic heterocycles. The van der Waals surface area contributed by atoms with Crippen LogP contribution in [0.25, 0.3) is 0 Å². The molecule has 106 valence electrons. The number of alkyl halides is 3. The van der Waals surface area contributed by atoms with Crippen molar-refractivity contribution in [1.29, 1.82) is 0 Å². The van der Waals surface area contributed by atoms with Crippen molar-refractivity contribution in [2.75, 3.05) is 0 Å². The van der Waals surface area contributed by atoms with Gasteiger partial charge in [0.25, 0.3) is 0 Å². The SMILES string of the molecule is NCc1ccc(Sc2ccccc2Cl)cc1C(F)(F)F. The molecule has 2 rings (SSSR count). The van der Waals surface area contributed by atoms with Gasteiger partial charge in [-0.25, -0.2) is 0 Å². The Hall–Kier alpha value is -1.17. The maximum Gasteiger partial charge on any atom is 0.416 e. The summed E-state index contributed by atoms with van der Waals surface area (Å²) in [6.45, 7) is -0.147. The quantitative estimate of drug-likeness (QED) is 0.865. The molecule has 20 heavy (non-hydrogen) atoms. The first-order valence-electron chi connectivity index (χ1n) is 5.74. The summed E-state index contributed by atoms with van der Waals surface area (Å²) < 4.78 is 38.8. The van der Waals surface area contributed by atoms with Gasteiger partial charge in [0.15, 0.2) is 0 Å². The minimum atomic E-state index is -4.41. The van der Waals surface area contributed by atoms with E-state index in [0.29, 0.717) is 14.8 Å². The molecule has 2 aromatic carbocycles. The Labute approximate surface area is 123 Å². The number of hydrogen-bond donors (Lipinski definition) is 1. The van der Waals surface area contributed by atoms with Crippen molar-refractivity contribution < 1.29 is 13.2 Å². The molecule has 0 fully saturated rings. The van der Waals surface area contributed by atoms with Gasteiger partial charge in [0, 0.05) is 16.3 Å². The van der Waals surface area contributed by atoms with Crippen LogP contribution in [0.3, 0.4) is 0 Å². The summed E-state index contributed by atoms with van der Waals surface area (Å²) in [7, 11) is 0. The Balaban J connectivity index is 2.37.